The van der Waals surface area contributed by atoms with Crippen LogP contribution in [0.25, 0.3) is 0 Å². The van der Waals surface area contributed by atoms with E-state index in [-0.39, 0.29) is 11.4 Å². The highest BCUT2D eigenvalue weighted by molar-refractivity contribution is 9.10. The summed E-state index contributed by atoms with van der Waals surface area (Å²) in [5, 5.41) is 10.5. The summed E-state index contributed by atoms with van der Waals surface area (Å²) in [5.74, 6) is 0. The second-order valence-corrected chi connectivity index (χ2v) is 4.01. The molecule has 70 valence electrons. The monoisotopic (exact) mass is 262 g/mol. The van der Waals surface area contributed by atoms with E-state index in [4.69, 9.17) is 5.73 Å². The van der Waals surface area contributed by atoms with Gasteiger partial charge < -0.3 is 5.73 Å². The molecule has 0 aliphatic heterocycles. The van der Waals surface area contributed by atoms with Crippen molar-refractivity contribution in [2.75, 3.05) is 12.0 Å². The van der Waals surface area contributed by atoms with Crippen molar-refractivity contribution < 1.29 is 4.92 Å². The molecule has 0 unspecified atom stereocenters. The van der Waals surface area contributed by atoms with Gasteiger partial charge in [0.15, 0.2) is 0 Å². The molecule has 0 radical (unpaired) electrons. The van der Waals surface area contributed by atoms with Gasteiger partial charge in [-0.1, -0.05) is 0 Å². The molecule has 0 atom stereocenters. The lowest BCUT2D eigenvalue weighted by Crippen LogP contribution is -1.96. The number of thioether (sulfide) groups is 1. The molecular weight excluding hydrogens is 256 g/mol. The van der Waals surface area contributed by atoms with Gasteiger partial charge in [0.25, 0.3) is 5.69 Å². The first-order valence-corrected chi connectivity index (χ1v) is 5.35. The first kappa shape index (κ1) is 10.3. The molecule has 0 spiro atoms. The van der Waals surface area contributed by atoms with Gasteiger partial charge in [-0.15, -0.1) is 11.8 Å². The maximum absolute atomic E-state index is 10.5. The van der Waals surface area contributed by atoms with Gasteiger partial charge in [-0.3, -0.25) is 10.1 Å². The number of nitrogens with two attached hydrogens (primary N) is 1. The van der Waals surface area contributed by atoms with Crippen LogP contribution in [0.3, 0.4) is 0 Å². The number of benzene rings is 1. The minimum atomic E-state index is -0.496. The second-order valence-electron chi connectivity index (χ2n) is 2.30. The van der Waals surface area contributed by atoms with Crippen LogP contribution in [-0.4, -0.2) is 11.2 Å². The summed E-state index contributed by atoms with van der Waals surface area (Å²) in [4.78, 5) is 10.9. The third-order valence-corrected chi connectivity index (χ3v) is 3.19. The predicted octanol–water partition coefficient (Wildman–Crippen LogP) is 2.66. The van der Waals surface area contributed by atoms with Crippen LogP contribution in [0.1, 0.15) is 0 Å². The summed E-state index contributed by atoms with van der Waals surface area (Å²) in [6.07, 6.45) is 1.88. The van der Waals surface area contributed by atoms with Crippen LogP contribution in [0, 0.1) is 10.1 Å². The lowest BCUT2D eigenvalue weighted by molar-refractivity contribution is -0.384. The van der Waals surface area contributed by atoms with Crippen molar-refractivity contribution in [1.29, 1.82) is 0 Å². The van der Waals surface area contributed by atoms with E-state index in [1.807, 2.05) is 6.26 Å². The number of nitrogens with zero attached hydrogens (tertiary/aromatic N) is 1. The Morgan fingerprint density at radius 2 is 2.23 bits per heavy atom. The van der Waals surface area contributed by atoms with E-state index >= 15 is 0 Å². The standard InChI is InChI=1S/C7H7BrN2O2S/c1-13-7-3-5(9)6(10(11)12)2-4(7)8/h2-3H,9H2,1H3. The van der Waals surface area contributed by atoms with E-state index in [1.165, 1.54) is 17.8 Å². The normalized spacial score (nSPS) is 10.0. The SMILES string of the molecule is CSc1cc(N)c([N+](=O)[O-])cc1Br. The molecule has 0 bridgehead atoms. The lowest BCUT2D eigenvalue weighted by Gasteiger charge is -2.02. The lowest BCUT2D eigenvalue weighted by atomic mass is 10.3. The van der Waals surface area contributed by atoms with Crippen molar-refractivity contribution in [3.05, 3.63) is 26.7 Å². The van der Waals surface area contributed by atoms with Crippen molar-refractivity contribution in [3.8, 4) is 0 Å². The Morgan fingerprint density at radius 3 is 2.69 bits per heavy atom. The van der Waals surface area contributed by atoms with Crippen LogP contribution in [-0.2, 0) is 0 Å². The first-order chi connectivity index (χ1) is 6.06. The molecule has 0 aliphatic carbocycles. The topological polar surface area (TPSA) is 69.2 Å². The molecular formula is C7H7BrN2O2S. The van der Waals surface area contributed by atoms with Gasteiger partial charge in [-0.05, 0) is 28.3 Å². The Bertz CT molecular complexity index is 357. The van der Waals surface area contributed by atoms with Crippen molar-refractivity contribution in [2.24, 2.45) is 0 Å². The molecule has 1 rings (SSSR count). The highest BCUT2D eigenvalue weighted by atomic mass is 79.9. The average molecular weight is 263 g/mol. The van der Waals surface area contributed by atoms with Gasteiger partial charge in [-0.25, -0.2) is 0 Å². The van der Waals surface area contributed by atoms with Crippen LogP contribution in [0.4, 0.5) is 11.4 Å². The Labute approximate surface area is 87.8 Å². The fourth-order valence-electron chi connectivity index (χ4n) is 0.873. The molecule has 1 aromatic rings. The highest BCUT2D eigenvalue weighted by Gasteiger charge is 2.14. The zero-order valence-electron chi connectivity index (χ0n) is 6.78. The molecule has 1 aromatic carbocycles. The van der Waals surface area contributed by atoms with E-state index in [1.54, 1.807) is 6.07 Å². The molecule has 0 fully saturated rings. The largest absolute Gasteiger partial charge is 0.393 e. The van der Waals surface area contributed by atoms with Crippen molar-refractivity contribution >= 4 is 39.1 Å². The molecule has 13 heavy (non-hydrogen) atoms. The maximum atomic E-state index is 10.5. The zero-order valence-corrected chi connectivity index (χ0v) is 9.18. The quantitative estimate of drug-likeness (QED) is 0.385. The molecule has 2 N–H and O–H groups in total. The molecule has 0 saturated heterocycles. The Kier molecular flexibility index (Phi) is 3.16. The average Bonchev–Trinajstić information content (AvgIpc) is 2.07. The molecule has 0 heterocycles. The molecule has 4 nitrogen and oxygen atoms in total. The number of rotatable bonds is 2. The third kappa shape index (κ3) is 2.13. The van der Waals surface area contributed by atoms with Crippen molar-refractivity contribution in [3.63, 3.8) is 0 Å². The molecule has 6 heteroatoms. The minimum absolute atomic E-state index is 0.0651. The fraction of sp³-hybridized carbons (Fsp3) is 0.143. The maximum Gasteiger partial charge on any atom is 0.293 e. The summed E-state index contributed by atoms with van der Waals surface area (Å²) in [6.45, 7) is 0. The molecule has 0 aromatic heterocycles. The van der Waals surface area contributed by atoms with E-state index in [2.05, 4.69) is 15.9 Å². The van der Waals surface area contributed by atoms with Crippen LogP contribution in [0.2, 0.25) is 0 Å². The summed E-state index contributed by atoms with van der Waals surface area (Å²) in [7, 11) is 0. The van der Waals surface area contributed by atoms with E-state index in [0.29, 0.717) is 4.47 Å². The van der Waals surface area contributed by atoms with E-state index in [0.717, 1.165) is 4.90 Å². The first-order valence-electron chi connectivity index (χ1n) is 3.33. The number of anilines is 1. The summed E-state index contributed by atoms with van der Waals surface area (Å²) in [6, 6.07) is 3.01. The van der Waals surface area contributed by atoms with Crippen LogP contribution < -0.4 is 5.73 Å². The predicted molar refractivity (Wildman–Crippen MR) is 57.0 cm³/mol. The van der Waals surface area contributed by atoms with Gasteiger partial charge in [0, 0.05) is 15.4 Å². The van der Waals surface area contributed by atoms with Gasteiger partial charge in [0.1, 0.15) is 5.69 Å². The second kappa shape index (κ2) is 3.97. The van der Waals surface area contributed by atoms with Gasteiger partial charge in [0.2, 0.25) is 0 Å². The summed E-state index contributed by atoms with van der Waals surface area (Å²) < 4.78 is 0.695. The number of nitrogen functional groups attached to an aromatic ring is 1. The van der Waals surface area contributed by atoms with E-state index in [9.17, 15) is 10.1 Å². The van der Waals surface area contributed by atoms with Gasteiger partial charge >= 0.3 is 0 Å². The number of nitro benzene ring substituents is 1. The van der Waals surface area contributed by atoms with Gasteiger partial charge in [-0.2, -0.15) is 0 Å². The Morgan fingerprint density at radius 1 is 1.62 bits per heavy atom. The third-order valence-electron chi connectivity index (χ3n) is 1.50. The number of halogens is 1. The Hall–Kier alpha value is -0.750. The molecule has 0 amide bonds. The van der Waals surface area contributed by atoms with E-state index < -0.39 is 4.92 Å². The summed E-state index contributed by atoms with van der Waals surface area (Å²) >= 11 is 4.71. The fourth-order valence-corrected chi connectivity index (χ4v) is 2.19. The highest BCUT2D eigenvalue weighted by Crippen LogP contribution is 2.33. The van der Waals surface area contributed by atoms with Gasteiger partial charge in [0.05, 0.1) is 4.92 Å². The van der Waals surface area contributed by atoms with Crippen molar-refractivity contribution in [1.82, 2.24) is 0 Å². The number of hydrogen-bond donors (Lipinski definition) is 1. The van der Waals surface area contributed by atoms with Crippen LogP contribution in [0.5, 0.6) is 0 Å². The Balaban J connectivity index is 3.28. The smallest absolute Gasteiger partial charge is 0.293 e. The number of nitro groups is 1. The number of hydrogen-bond acceptors (Lipinski definition) is 4. The molecule has 0 saturated carbocycles. The van der Waals surface area contributed by atoms with Crippen LogP contribution in [0.15, 0.2) is 21.5 Å². The summed E-state index contributed by atoms with van der Waals surface area (Å²) in [5.41, 5.74) is 5.62. The molecule has 0 aliphatic rings. The van der Waals surface area contributed by atoms with Crippen LogP contribution >= 0.6 is 27.7 Å². The zero-order chi connectivity index (χ0) is 10.0. The van der Waals surface area contributed by atoms with Crippen molar-refractivity contribution in [2.45, 2.75) is 4.90 Å². The minimum Gasteiger partial charge on any atom is -0.393 e.